The van der Waals surface area contributed by atoms with Crippen LogP contribution in [0.15, 0.2) is 12.2 Å². The van der Waals surface area contributed by atoms with Crippen LogP contribution >= 0.6 is 0 Å². The third kappa shape index (κ3) is 4.50. The third-order valence-electron chi connectivity index (χ3n) is 6.14. The number of amides is 1. The van der Waals surface area contributed by atoms with Gasteiger partial charge in [0.25, 0.3) is 6.29 Å². The molecule has 0 aromatic heterocycles. The fourth-order valence-electron chi connectivity index (χ4n) is 4.63. The molecule has 0 saturated heterocycles. The number of allylic oxidation sites excluding steroid dienone is 2. The fourth-order valence-corrected chi connectivity index (χ4v) is 4.63. The Labute approximate surface area is 166 Å². The van der Waals surface area contributed by atoms with Gasteiger partial charge in [-0.2, -0.15) is 0 Å². The van der Waals surface area contributed by atoms with E-state index in [9.17, 15) is 19.5 Å². The summed E-state index contributed by atoms with van der Waals surface area (Å²) in [6.45, 7) is 9.35. The molecule has 1 saturated carbocycles. The number of carboxylic acid groups (broad SMARTS) is 1. The Kier molecular flexibility index (Phi) is 6.78. The lowest BCUT2D eigenvalue weighted by Crippen LogP contribution is -2.59. The molecular weight excluding hydrogens is 362 g/mol. The van der Waals surface area contributed by atoms with Gasteiger partial charge in [0.1, 0.15) is 0 Å². The Morgan fingerprint density at radius 2 is 1.89 bits per heavy atom. The van der Waals surface area contributed by atoms with Crippen LogP contribution in [0, 0.1) is 28.6 Å². The molecule has 0 aromatic carbocycles. The molecule has 2 N–H and O–H groups in total. The van der Waals surface area contributed by atoms with Crippen LogP contribution in [0.3, 0.4) is 0 Å². The normalized spacial score (nSPS) is 29.2. The molecule has 158 valence electrons. The highest BCUT2D eigenvalue weighted by molar-refractivity contribution is 5.72. The number of aliphatic carboxylic acids is 1. The van der Waals surface area contributed by atoms with Crippen molar-refractivity contribution in [3.05, 3.63) is 12.2 Å². The molecule has 28 heavy (non-hydrogen) atoms. The van der Waals surface area contributed by atoms with Gasteiger partial charge in [-0.25, -0.2) is 4.79 Å². The standard InChI is InChI=1S/C21H33NO6/c1-6-20-9-7-8-15(20)21(11-20,10-16(23)24)12-22-19(26)28-18(14(4)5)27-17(25)13(2)3/h7-8,13-15,18H,6,9-12H2,1-5H3,(H,22,26)(H,23,24)/t15-,18-,20+,21-/m1/s1. The van der Waals surface area contributed by atoms with Gasteiger partial charge in [0.2, 0.25) is 0 Å². The van der Waals surface area contributed by atoms with Crippen LogP contribution in [-0.4, -0.2) is 36.0 Å². The quantitative estimate of drug-likeness (QED) is 0.350. The minimum Gasteiger partial charge on any atom is -0.481 e. The van der Waals surface area contributed by atoms with E-state index in [0.29, 0.717) is 0 Å². The fraction of sp³-hybridized carbons (Fsp3) is 0.762. The molecule has 0 spiro atoms. The third-order valence-corrected chi connectivity index (χ3v) is 6.14. The molecule has 0 unspecified atom stereocenters. The predicted octanol–water partition coefficient (Wildman–Crippen LogP) is 3.73. The second-order valence-electron chi connectivity index (χ2n) is 8.90. The average molecular weight is 395 g/mol. The highest BCUT2D eigenvalue weighted by atomic mass is 16.7. The first-order valence-electron chi connectivity index (χ1n) is 10.1. The number of alkyl carbamates (subject to hydrolysis) is 1. The smallest absolute Gasteiger partial charge is 0.410 e. The van der Waals surface area contributed by atoms with E-state index >= 15 is 0 Å². The summed E-state index contributed by atoms with van der Waals surface area (Å²) in [6.07, 6.45) is 5.25. The van der Waals surface area contributed by atoms with Crippen molar-refractivity contribution in [1.29, 1.82) is 0 Å². The van der Waals surface area contributed by atoms with E-state index in [1.807, 2.05) is 0 Å². The first-order chi connectivity index (χ1) is 13.0. The number of carbonyl (C=O) groups is 3. The molecule has 2 aliphatic rings. The number of hydrogen-bond acceptors (Lipinski definition) is 5. The number of nitrogens with one attached hydrogen (secondary N) is 1. The number of carbonyl (C=O) groups excluding carboxylic acids is 2. The first-order valence-corrected chi connectivity index (χ1v) is 10.1. The minimum absolute atomic E-state index is 0.0000187. The van der Waals surface area contributed by atoms with Crippen molar-refractivity contribution in [3.8, 4) is 0 Å². The molecule has 2 rings (SSSR count). The summed E-state index contributed by atoms with van der Waals surface area (Å²) in [4.78, 5) is 35.6. The molecule has 7 nitrogen and oxygen atoms in total. The van der Waals surface area contributed by atoms with Crippen molar-refractivity contribution in [2.75, 3.05) is 6.54 Å². The summed E-state index contributed by atoms with van der Waals surface area (Å²) >= 11 is 0. The predicted molar refractivity (Wildman–Crippen MR) is 103 cm³/mol. The second kappa shape index (κ2) is 8.53. The van der Waals surface area contributed by atoms with Crippen LogP contribution in [0.4, 0.5) is 4.79 Å². The minimum atomic E-state index is -0.979. The van der Waals surface area contributed by atoms with Crippen molar-refractivity contribution in [1.82, 2.24) is 5.32 Å². The van der Waals surface area contributed by atoms with Crippen molar-refractivity contribution in [3.63, 3.8) is 0 Å². The van der Waals surface area contributed by atoms with Gasteiger partial charge < -0.3 is 19.9 Å². The van der Waals surface area contributed by atoms with Gasteiger partial charge in [0.15, 0.2) is 0 Å². The van der Waals surface area contributed by atoms with Gasteiger partial charge in [-0.3, -0.25) is 9.59 Å². The van der Waals surface area contributed by atoms with Gasteiger partial charge >= 0.3 is 18.0 Å². The number of fused-ring (bicyclic) bond motifs is 1. The lowest BCUT2D eigenvalue weighted by Gasteiger charge is -2.60. The molecule has 0 aliphatic heterocycles. The molecule has 4 atom stereocenters. The van der Waals surface area contributed by atoms with Crippen LogP contribution in [0.1, 0.15) is 60.3 Å². The molecule has 0 radical (unpaired) electrons. The highest BCUT2D eigenvalue weighted by Gasteiger charge is 2.62. The Morgan fingerprint density at radius 1 is 1.21 bits per heavy atom. The first kappa shape index (κ1) is 22.2. The van der Waals surface area contributed by atoms with Crippen LogP contribution < -0.4 is 5.32 Å². The molecule has 0 bridgehead atoms. The molecule has 0 aromatic rings. The van der Waals surface area contributed by atoms with Gasteiger partial charge in [-0.1, -0.05) is 46.8 Å². The Balaban J connectivity index is 1.99. The zero-order valence-corrected chi connectivity index (χ0v) is 17.5. The molecule has 2 aliphatic carbocycles. The van der Waals surface area contributed by atoms with Gasteiger partial charge in [0, 0.05) is 17.9 Å². The molecule has 7 heteroatoms. The zero-order chi connectivity index (χ0) is 21.1. The Morgan fingerprint density at radius 3 is 2.43 bits per heavy atom. The van der Waals surface area contributed by atoms with Crippen molar-refractivity contribution >= 4 is 18.0 Å². The number of hydrogen-bond donors (Lipinski definition) is 2. The van der Waals surface area contributed by atoms with E-state index in [0.717, 1.165) is 19.3 Å². The summed E-state index contributed by atoms with van der Waals surface area (Å²) in [5.41, 5.74) is -0.385. The topological polar surface area (TPSA) is 102 Å². The zero-order valence-electron chi connectivity index (χ0n) is 17.5. The Bertz CT molecular complexity index is 643. The van der Waals surface area contributed by atoms with Crippen LogP contribution in [0.25, 0.3) is 0 Å². The molecule has 1 fully saturated rings. The largest absolute Gasteiger partial charge is 0.481 e. The van der Waals surface area contributed by atoms with E-state index in [-0.39, 0.29) is 36.1 Å². The number of esters is 1. The highest BCUT2D eigenvalue weighted by Crippen LogP contribution is 2.67. The van der Waals surface area contributed by atoms with Crippen molar-refractivity contribution < 1.29 is 29.0 Å². The second-order valence-corrected chi connectivity index (χ2v) is 8.90. The van der Waals surface area contributed by atoms with Crippen LogP contribution in [0.5, 0.6) is 0 Å². The van der Waals surface area contributed by atoms with E-state index < -0.39 is 29.7 Å². The number of rotatable bonds is 9. The average Bonchev–Trinajstić information content (AvgIpc) is 2.95. The Hall–Kier alpha value is -2.05. The summed E-state index contributed by atoms with van der Waals surface area (Å²) in [6, 6.07) is 0. The summed E-state index contributed by atoms with van der Waals surface area (Å²) < 4.78 is 10.6. The number of ether oxygens (including phenoxy) is 2. The van der Waals surface area contributed by atoms with E-state index in [2.05, 4.69) is 24.4 Å². The maximum absolute atomic E-state index is 12.3. The lowest BCUT2D eigenvalue weighted by atomic mass is 9.44. The summed E-state index contributed by atoms with van der Waals surface area (Å²) in [5.74, 6) is -1.68. The monoisotopic (exact) mass is 395 g/mol. The van der Waals surface area contributed by atoms with E-state index in [1.54, 1.807) is 27.7 Å². The number of carboxylic acids is 1. The van der Waals surface area contributed by atoms with E-state index in [4.69, 9.17) is 9.47 Å². The molecule has 1 amide bonds. The SMILES string of the molecule is CC[C@@]12CC=C[C@H]1[C@](CNC(=O)O[C@@H](OC(=O)C(C)C)C(C)C)(CC(=O)O)C2. The van der Waals surface area contributed by atoms with Crippen molar-refractivity contribution in [2.24, 2.45) is 28.6 Å². The van der Waals surface area contributed by atoms with Gasteiger partial charge in [-0.05, 0) is 30.6 Å². The maximum Gasteiger partial charge on any atom is 0.410 e. The maximum atomic E-state index is 12.3. The van der Waals surface area contributed by atoms with Crippen molar-refractivity contribution in [2.45, 2.75) is 66.6 Å². The van der Waals surface area contributed by atoms with Gasteiger partial charge in [0.05, 0.1) is 12.3 Å². The van der Waals surface area contributed by atoms with Crippen LogP contribution in [0.2, 0.25) is 0 Å². The lowest BCUT2D eigenvalue weighted by molar-refractivity contribution is -0.179. The molecule has 0 heterocycles. The summed E-state index contributed by atoms with van der Waals surface area (Å²) in [5, 5.41) is 12.1. The molecular formula is C21H33NO6. The van der Waals surface area contributed by atoms with Gasteiger partial charge in [-0.15, -0.1) is 0 Å². The van der Waals surface area contributed by atoms with Crippen LogP contribution in [-0.2, 0) is 19.1 Å². The summed E-state index contributed by atoms with van der Waals surface area (Å²) in [7, 11) is 0. The van der Waals surface area contributed by atoms with E-state index in [1.165, 1.54) is 0 Å².